The van der Waals surface area contributed by atoms with Gasteiger partial charge in [-0.15, -0.1) is 11.3 Å². The van der Waals surface area contributed by atoms with Crippen molar-refractivity contribution in [2.24, 2.45) is 17.8 Å². The van der Waals surface area contributed by atoms with Gasteiger partial charge >= 0.3 is 5.97 Å². The van der Waals surface area contributed by atoms with Gasteiger partial charge in [-0.25, -0.2) is 4.79 Å². The molecule has 2 bridgehead atoms. The number of carbonyl (C=O) groups is 1. The molecule has 0 aromatic carbocycles. The van der Waals surface area contributed by atoms with Crippen LogP contribution in [0.5, 0.6) is 0 Å². The Morgan fingerprint density at radius 2 is 2.04 bits per heavy atom. The number of thiophene rings is 1. The van der Waals surface area contributed by atoms with E-state index in [-0.39, 0.29) is 5.97 Å². The predicted octanol–water partition coefficient (Wildman–Crippen LogP) is 4.91. The molecule has 0 radical (unpaired) electrons. The second-order valence-electron chi connectivity index (χ2n) is 8.49. The number of methoxy groups -OCH3 is 1. The maximum absolute atomic E-state index is 12.5. The third-order valence-electron chi connectivity index (χ3n) is 6.83. The van der Waals surface area contributed by atoms with E-state index in [2.05, 4.69) is 17.6 Å². The van der Waals surface area contributed by atoms with Crippen molar-refractivity contribution in [1.82, 2.24) is 5.32 Å². The summed E-state index contributed by atoms with van der Waals surface area (Å²) in [5.41, 5.74) is 1.88. The Morgan fingerprint density at radius 3 is 2.74 bits per heavy atom. The van der Waals surface area contributed by atoms with Crippen molar-refractivity contribution >= 4 is 39.6 Å². The number of anilines is 1. The number of esters is 1. The fraction of sp³-hybridized carbons (Fsp3) is 0.714. The average molecular weight is 407 g/mol. The summed E-state index contributed by atoms with van der Waals surface area (Å²) in [7, 11) is 1.46. The van der Waals surface area contributed by atoms with Gasteiger partial charge in [0, 0.05) is 10.9 Å². The molecular formula is C21H30N2O2S2. The molecule has 1 heterocycles. The molecule has 4 atom stereocenters. The average Bonchev–Trinajstić information content (AvgIpc) is 3.32. The quantitative estimate of drug-likeness (QED) is 0.422. The van der Waals surface area contributed by atoms with Gasteiger partial charge in [-0.3, -0.25) is 0 Å². The number of hydrogen-bond donors (Lipinski definition) is 2. The highest BCUT2D eigenvalue weighted by molar-refractivity contribution is 7.80. The summed E-state index contributed by atoms with van der Waals surface area (Å²) < 4.78 is 5.08. The number of carbonyl (C=O) groups excluding carboxylic acids is 1. The van der Waals surface area contributed by atoms with Crippen LogP contribution in [0, 0.1) is 17.8 Å². The first-order valence-electron chi connectivity index (χ1n) is 10.4. The number of thiocarbonyl (C=S) groups is 1. The van der Waals surface area contributed by atoms with Crippen LogP contribution in [0.4, 0.5) is 5.00 Å². The van der Waals surface area contributed by atoms with Gasteiger partial charge in [0.1, 0.15) is 5.00 Å². The lowest BCUT2D eigenvalue weighted by Crippen LogP contribution is -2.42. The van der Waals surface area contributed by atoms with Crippen molar-refractivity contribution in [1.29, 1.82) is 0 Å². The lowest BCUT2D eigenvalue weighted by molar-refractivity contribution is 0.0601. The fourth-order valence-electron chi connectivity index (χ4n) is 5.51. The van der Waals surface area contributed by atoms with Crippen LogP contribution in [-0.4, -0.2) is 24.2 Å². The zero-order valence-corrected chi connectivity index (χ0v) is 17.9. The molecule has 6 heteroatoms. The van der Waals surface area contributed by atoms with Crippen molar-refractivity contribution in [2.45, 2.75) is 70.8 Å². The van der Waals surface area contributed by atoms with E-state index < -0.39 is 0 Å². The minimum atomic E-state index is -0.249. The number of hydrogen-bond acceptors (Lipinski definition) is 4. The van der Waals surface area contributed by atoms with Crippen molar-refractivity contribution in [3.05, 3.63) is 16.0 Å². The van der Waals surface area contributed by atoms with Crippen LogP contribution in [-0.2, 0) is 17.6 Å². The molecule has 4 rings (SSSR count). The highest BCUT2D eigenvalue weighted by atomic mass is 32.1. The molecule has 148 valence electrons. The monoisotopic (exact) mass is 406 g/mol. The summed E-state index contributed by atoms with van der Waals surface area (Å²) in [5, 5.41) is 8.33. The smallest absolute Gasteiger partial charge is 0.341 e. The van der Waals surface area contributed by atoms with Gasteiger partial charge < -0.3 is 15.4 Å². The third-order valence-corrected chi connectivity index (χ3v) is 8.26. The summed E-state index contributed by atoms with van der Waals surface area (Å²) in [6.45, 7) is 2.25. The molecule has 1 aromatic heterocycles. The summed E-state index contributed by atoms with van der Waals surface area (Å²) in [4.78, 5) is 13.8. The SMILES string of the molecule is COC(=O)c1c(NC(=S)NC(C)C2CC3CCC2C3)sc2c1CCCCC2. The van der Waals surface area contributed by atoms with E-state index in [4.69, 9.17) is 17.0 Å². The highest BCUT2D eigenvalue weighted by Crippen LogP contribution is 2.49. The van der Waals surface area contributed by atoms with Gasteiger partial charge in [0.25, 0.3) is 0 Å². The first kappa shape index (κ1) is 19.2. The van der Waals surface area contributed by atoms with Crippen molar-refractivity contribution in [3.63, 3.8) is 0 Å². The molecule has 0 amide bonds. The normalized spacial score (nSPS) is 27.6. The van der Waals surface area contributed by atoms with Gasteiger partial charge in [0.2, 0.25) is 0 Å². The number of fused-ring (bicyclic) bond motifs is 3. The van der Waals surface area contributed by atoms with Crippen molar-refractivity contribution in [2.75, 3.05) is 12.4 Å². The molecule has 0 spiro atoms. The van der Waals surface area contributed by atoms with Crippen LogP contribution in [0.3, 0.4) is 0 Å². The van der Waals surface area contributed by atoms with Crippen LogP contribution in [0.15, 0.2) is 0 Å². The Kier molecular flexibility index (Phi) is 5.74. The lowest BCUT2D eigenvalue weighted by Gasteiger charge is -2.29. The van der Waals surface area contributed by atoms with E-state index in [9.17, 15) is 4.79 Å². The molecule has 2 saturated carbocycles. The minimum Gasteiger partial charge on any atom is -0.465 e. The van der Waals surface area contributed by atoms with Crippen molar-refractivity contribution < 1.29 is 9.53 Å². The Balaban J connectivity index is 1.46. The van der Waals surface area contributed by atoms with Crippen LogP contribution in [0.2, 0.25) is 0 Å². The van der Waals surface area contributed by atoms with E-state index >= 15 is 0 Å². The van der Waals surface area contributed by atoms with Crippen LogP contribution >= 0.6 is 23.6 Å². The zero-order valence-electron chi connectivity index (χ0n) is 16.3. The molecule has 2 N–H and O–H groups in total. The zero-order chi connectivity index (χ0) is 19.0. The van der Waals surface area contributed by atoms with E-state index in [1.807, 2.05) is 0 Å². The van der Waals surface area contributed by atoms with E-state index in [0.29, 0.717) is 16.7 Å². The largest absolute Gasteiger partial charge is 0.465 e. The van der Waals surface area contributed by atoms with Crippen LogP contribution < -0.4 is 10.6 Å². The molecule has 4 nitrogen and oxygen atoms in total. The number of nitrogens with one attached hydrogen (secondary N) is 2. The lowest BCUT2D eigenvalue weighted by atomic mass is 9.84. The molecule has 3 aliphatic carbocycles. The number of ether oxygens (including phenoxy) is 1. The summed E-state index contributed by atoms with van der Waals surface area (Å²) in [5.74, 6) is 2.28. The second-order valence-corrected chi connectivity index (χ2v) is 10.00. The maximum Gasteiger partial charge on any atom is 0.341 e. The third kappa shape index (κ3) is 3.88. The van der Waals surface area contributed by atoms with Gasteiger partial charge in [0.05, 0.1) is 12.7 Å². The second kappa shape index (κ2) is 8.08. The van der Waals surface area contributed by atoms with E-state index in [1.165, 1.54) is 56.1 Å². The summed E-state index contributed by atoms with van der Waals surface area (Å²) >= 11 is 7.30. The minimum absolute atomic E-state index is 0.249. The molecule has 4 unspecified atom stereocenters. The van der Waals surface area contributed by atoms with E-state index in [1.54, 1.807) is 11.3 Å². The molecule has 1 aromatic rings. The predicted molar refractivity (Wildman–Crippen MR) is 115 cm³/mol. The summed E-state index contributed by atoms with van der Waals surface area (Å²) in [6.07, 6.45) is 11.1. The fourth-order valence-corrected chi connectivity index (χ4v) is 7.14. The first-order chi connectivity index (χ1) is 13.1. The van der Waals surface area contributed by atoms with Crippen molar-refractivity contribution in [3.8, 4) is 0 Å². The summed E-state index contributed by atoms with van der Waals surface area (Å²) in [6, 6.07) is 0.375. The van der Waals surface area contributed by atoms with Gasteiger partial charge in [-0.1, -0.05) is 12.8 Å². The van der Waals surface area contributed by atoms with Gasteiger partial charge in [-0.2, -0.15) is 0 Å². The van der Waals surface area contributed by atoms with E-state index in [0.717, 1.165) is 42.0 Å². The highest BCUT2D eigenvalue weighted by Gasteiger charge is 2.42. The maximum atomic E-state index is 12.5. The Bertz CT molecular complexity index is 730. The molecule has 0 aliphatic heterocycles. The molecular weight excluding hydrogens is 376 g/mol. The first-order valence-corrected chi connectivity index (χ1v) is 11.6. The molecule has 3 aliphatic rings. The Labute approximate surface area is 171 Å². The molecule has 2 fully saturated rings. The van der Waals surface area contributed by atoms with Crippen LogP contribution in [0.1, 0.15) is 72.7 Å². The number of rotatable bonds is 4. The Hall–Kier alpha value is -1.14. The topological polar surface area (TPSA) is 50.4 Å². The van der Waals surface area contributed by atoms with Crippen LogP contribution in [0.25, 0.3) is 0 Å². The van der Waals surface area contributed by atoms with Gasteiger partial charge in [-0.05, 0) is 87.4 Å². The number of aryl methyl sites for hydroxylation is 1. The Morgan fingerprint density at radius 1 is 1.22 bits per heavy atom. The molecule has 0 saturated heterocycles. The molecule has 27 heavy (non-hydrogen) atoms. The van der Waals surface area contributed by atoms with Gasteiger partial charge in [0.15, 0.2) is 5.11 Å². The standard InChI is InChI=1S/C21H30N2O2S2/c1-12(16-11-13-8-9-14(16)10-13)22-21(26)23-19-18(20(24)25-2)15-6-4-3-5-7-17(15)27-19/h12-14,16H,3-11H2,1-2H3,(H2,22,23,26).